The highest BCUT2D eigenvalue weighted by molar-refractivity contribution is 6.21. The van der Waals surface area contributed by atoms with Gasteiger partial charge in [-0.15, -0.1) is 0 Å². The fourth-order valence-electron chi connectivity index (χ4n) is 3.03. The Morgan fingerprint density at radius 2 is 1.45 bits per heavy atom. The zero-order valence-corrected chi connectivity index (χ0v) is 15.9. The number of carbonyl (C=O) groups is 4. The number of unbranched alkanes of at least 4 members (excludes halogenated alkanes) is 2. The van der Waals surface area contributed by atoms with Crippen LogP contribution in [0.25, 0.3) is 0 Å². The number of fused-ring (bicyclic) bond motifs is 1. The Morgan fingerprint density at radius 1 is 0.828 bits per heavy atom. The molecule has 0 aliphatic carbocycles. The first-order valence-corrected chi connectivity index (χ1v) is 9.52. The Labute approximate surface area is 168 Å². The van der Waals surface area contributed by atoms with E-state index in [1.54, 1.807) is 36.4 Å². The number of esters is 1. The summed E-state index contributed by atoms with van der Waals surface area (Å²) in [6.45, 7) is 0.149. The number of carbonyl (C=O) groups excluding carboxylic acids is 4. The molecule has 150 valence electrons. The molecule has 3 amide bonds. The first-order chi connectivity index (χ1) is 14.1. The minimum absolute atomic E-state index is 0.119. The van der Waals surface area contributed by atoms with E-state index < -0.39 is 17.8 Å². The lowest BCUT2D eigenvalue weighted by Crippen LogP contribution is -2.33. The number of benzene rings is 2. The van der Waals surface area contributed by atoms with Crippen molar-refractivity contribution in [3.05, 3.63) is 71.3 Å². The lowest BCUT2D eigenvalue weighted by atomic mass is 10.1. The van der Waals surface area contributed by atoms with E-state index in [1.807, 2.05) is 18.2 Å². The van der Waals surface area contributed by atoms with E-state index in [1.165, 1.54) is 0 Å². The minimum atomic E-state index is -0.463. The van der Waals surface area contributed by atoms with Crippen LogP contribution in [0, 0.1) is 0 Å². The molecule has 0 atom stereocenters. The predicted octanol–water partition coefficient (Wildman–Crippen LogP) is 2.77. The average Bonchev–Trinajstić information content (AvgIpc) is 2.99. The van der Waals surface area contributed by atoms with Gasteiger partial charge in [0.1, 0.15) is 0 Å². The smallest absolute Gasteiger partial charge is 0.307 e. The van der Waals surface area contributed by atoms with Crippen molar-refractivity contribution in [3.8, 4) is 0 Å². The Balaban J connectivity index is 1.30. The second kappa shape index (κ2) is 9.64. The molecular formula is C22H22N2O5. The summed E-state index contributed by atoms with van der Waals surface area (Å²) in [6, 6.07) is 15.5. The number of amides is 3. The maximum atomic E-state index is 12.2. The van der Waals surface area contributed by atoms with Crippen molar-refractivity contribution in [3.63, 3.8) is 0 Å². The van der Waals surface area contributed by atoms with Gasteiger partial charge in [-0.05, 0) is 37.1 Å². The minimum Gasteiger partial charge on any atom is -0.444 e. The van der Waals surface area contributed by atoms with Gasteiger partial charge in [0.25, 0.3) is 17.7 Å². The molecule has 7 nitrogen and oxygen atoms in total. The van der Waals surface area contributed by atoms with E-state index in [2.05, 4.69) is 5.32 Å². The van der Waals surface area contributed by atoms with Gasteiger partial charge in [0.05, 0.1) is 11.1 Å². The topological polar surface area (TPSA) is 92.8 Å². The monoisotopic (exact) mass is 394 g/mol. The highest BCUT2D eigenvalue weighted by Gasteiger charge is 2.35. The Bertz CT molecular complexity index is 875. The second-order valence-corrected chi connectivity index (χ2v) is 6.66. The molecule has 1 aliphatic rings. The molecule has 29 heavy (non-hydrogen) atoms. The third-order valence-electron chi connectivity index (χ3n) is 4.61. The molecule has 2 aromatic carbocycles. The van der Waals surface area contributed by atoms with Crippen molar-refractivity contribution in [1.82, 2.24) is 10.2 Å². The van der Waals surface area contributed by atoms with Crippen molar-refractivity contribution in [2.45, 2.75) is 25.7 Å². The highest BCUT2D eigenvalue weighted by atomic mass is 16.5. The molecule has 1 aliphatic heterocycles. The standard InChI is InChI=1S/C22H22N2O5/c25-19(13-5-2-8-14-23-20(26)16-9-3-1-4-10-16)29-15-24-21(27)17-11-6-7-12-18(17)22(24)28/h1,3-4,6-7,9-12H,2,5,8,13-15H2,(H,23,26). The summed E-state index contributed by atoms with van der Waals surface area (Å²) in [6.07, 6.45) is 2.28. The first-order valence-electron chi connectivity index (χ1n) is 9.52. The number of hydrogen-bond donors (Lipinski definition) is 1. The van der Waals surface area contributed by atoms with E-state index in [4.69, 9.17) is 4.74 Å². The fourth-order valence-corrected chi connectivity index (χ4v) is 3.03. The van der Waals surface area contributed by atoms with Crippen LogP contribution in [0.15, 0.2) is 54.6 Å². The number of hydrogen-bond acceptors (Lipinski definition) is 5. The summed E-state index contributed by atoms with van der Waals surface area (Å²) in [4.78, 5) is 49.1. The number of nitrogens with zero attached hydrogens (tertiary/aromatic N) is 1. The summed E-state index contributed by atoms with van der Waals surface area (Å²) < 4.78 is 5.08. The fraction of sp³-hybridized carbons (Fsp3) is 0.273. The zero-order valence-electron chi connectivity index (χ0n) is 15.9. The number of ether oxygens (including phenoxy) is 1. The van der Waals surface area contributed by atoms with Crippen molar-refractivity contribution < 1.29 is 23.9 Å². The lowest BCUT2D eigenvalue weighted by molar-refractivity contribution is -0.146. The summed E-state index contributed by atoms with van der Waals surface area (Å²) >= 11 is 0. The van der Waals surface area contributed by atoms with Gasteiger partial charge < -0.3 is 10.1 Å². The van der Waals surface area contributed by atoms with Crippen LogP contribution in [0.1, 0.15) is 56.8 Å². The summed E-state index contributed by atoms with van der Waals surface area (Å²) in [5.74, 6) is -1.49. The molecule has 0 radical (unpaired) electrons. The van der Waals surface area contributed by atoms with E-state index in [0.29, 0.717) is 29.7 Å². The van der Waals surface area contributed by atoms with Crippen molar-refractivity contribution in [1.29, 1.82) is 0 Å². The molecule has 0 saturated carbocycles. The quantitative estimate of drug-likeness (QED) is 0.401. The van der Waals surface area contributed by atoms with Crippen LogP contribution in [0.5, 0.6) is 0 Å². The van der Waals surface area contributed by atoms with Crippen LogP contribution in [-0.2, 0) is 9.53 Å². The molecule has 0 fully saturated rings. The third-order valence-corrected chi connectivity index (χ3v) is 4.61. The van der Waals surface area contributed by atoms with E-state index in [9.17, 15) is 19.2 Å². The highest BCUT2D eigenvalue weighted by Crippen LogP contribution is 2.22. The molecular weight excluding hydrogens is 372 g/mol. The van der Waals surface area contributed by atoms with Gasteiger partial charge in [-0.1, -0.05) is 36.8 Å². The SMILES string of the molecule is O=C(CCCCCNC(=O)c1ccccc1)OCN1C(=O)c2ccccc2C1=O. The van der Waals surface area contributed by atoms with Gasteiger partial charge in [-0.25, -0.2) is 4.90 Å². The summed E-state index contributed by atoms with van der Waals surface area (Å²) in [5.41, 5.74) is 1.27. The van der Waals surface area contributed by atoms with Crippen molar-refractivity contribution >= 4 is 23.7 Å². The Morgan fingerprint density at radius 3 is 2.10 bits per heavy atom. The molecule has 3 rings (SSSR count). The van der Waals surface area contributed by atoms with Gasteiger partial charge in [0, 0.05) is 18.5 Å². The predicted molar refractivity (Wildman–Crippen MR) is 105 cm³/mol. The number of rotatable bonds is 9. The Hall–Kier alpha value is -3.48. The molecule has 1 N–H and O–H groups in total. The van der Waals surface area contributed by atoms with E-state index in [0.717, 1.165) is 17.7 Å². The molecule has 7 heteroatoms. The maximum absolute atomic E-state index is 12.2. The second-order valence-electron chi connectivity index (χ2n) is 6.66. The third kappa shape index (κ3) is 5.07. The van der Waals surface area contributed by atoms with Gasteiger partial charge >= 0.3 is 5.97 Å². The normalized spacial score (nSPS) is 12.6. The maximum Gasteiger partial charge on any atom is 0.307 e. The Kier molecular flexibility index (Phi) is 6.73. The van der Waals surface area contributed by atoms with Crippen LogP contribution in [0.3, 0.4) is 0 Å². The van der Waals surface area contributed by atoms with Crippen LogP contribution < -0.4 is 5.32 Å². The van der Waals surface area contributed by atoms with Crippen LogP contribution >= 0.6 is 0 Å². The number of nitrogens with one attached hydrogen (secondary N) is 1. The zero-order chi connectivity index (χ0) is 20.6. The summed E-state index contributed by atoms with van der Waals surface area (Å²) in [7, 11) is 0. The molecule has 0 saturated heterocycles. The molecule has 2 aromatic rings. The van der Waals surface area contributed by atoms with Gasteiger partial charge in [0.15, 0.2) is 6.73 Å². The largest absolute Gasteiger partial charge is 0.444 e. The number of imide groups is 1. The van der Waals surface area contributed by atoms with Crippen molar-refractivity contribution in [2.75, 3.05) is 13.3 Å². The molecule has 1 heterocycles. The lowest BCUT2D eigenvalue weighted by Gasteiger charge is -2.13. The van der Waals surface area contributed by atoms with Crippen LogP contribution in [-0.4, -0.2) is 41.9 Å². The van der Waals surface area contributed by atoms with Gasteiger partial charge in [0.2, 0.25) is 0 Å². The summed E-state index contributed by atoms with van der Waals surface area (Å²) in [5, 5.41) is 2.83. The average molecular weight is 394 g/mol. The van der Waals surface area contributed by atoms with Gasteiger partial charge in [-0.3, -0.25) is 19.2 Å². The van der Waals surface area contributed by atoms with Gasteiger partial charge in [-0.2, -0.15) is 0 Å². The molecule has 0 unspecified atom stereocenters. The molecule has 0 bridgehead atoms. The first kappa shape index (κ1) is 20.3. The van der Waals surface area contributed by atoms with E-state index >= 15 is 0 Å². The van der Waals surface area contributed by atoms with Crippen LogP contribution in [0.4, 0.5) is 0 Å². The van der Waals surface area contributed by atoms with Crippen LogP contribution in [0.2, 0.25) is 0 Å². The molecule has 0 spiro atoms. The molecule has 0 aromatic heterocycles. The van der Waals surface area contributed by atoms with Crippen molar-refractivity contribution in [2.24, 2.45) is 0 Å². The van der Waals surface area contributed by atoms with E-state index in [-0.39, 0.29) is 19.1 Å².